The fraction of sp³-hybridized carbons (Fsp3) is 0.118. The highest BCUT2D eigenvalue weighted by Gasteiger charge is 2.40. The van der Waals surface area contributed by atoms with Crippen molar-refractivity contribution in [1.29, 1.82) is 0 Å². The standard InChI is InChI=1S/C17H11N3O6/c21-15-14-17(19-11-6-9(20(22)23)2-3-10(11)18-14)26-16(15)8-1-4-12-13(5-8)25-7-24-12/h1-6,16,18-19H,7H2/t16-/m0/s1. The molecule has 0 amide bonds. The van der Waals surface area contributed by atoms with Gasteiger partial charge in [-0.15, -0.1) is 0 Å². The maximum absolute atomic E-state index is 12.8. The van der Waals surface area contributed by atoms with Crippen molar-refractivity contribution < 1.29 is 23.9 Å². The van der Waals surface area contributed by atoms with Crippen molar-refractivity contribution in [2.75, 3.05) is 17.4 Å². The number of ether oxygens (including phenoxy) is 3. The van der Waals surface area contributed by atoms with E-state index in [4.69, 9.17) is 14.2 Å². The summed E-state index contributed by atoms with van der Waals surface area (Å²) in [4.78, 5) is 23.2. The van der Waals surface area contributed by atoms with Crippen LogP contribution in [0.5, 0.6) is 11.5 Å². The number of nitro groups is 1. The SMILES string of the molecule is O=C1C2=C(Nc3cc([N+](=O)[O-])ccc3N2)O[C@H]1c1ccc2c(c1)OCO2. The van der Waals surface area contributed by atoms with Gasteiger partial charge in [0.1, 0.15) is 5.70 Å². The molecule has 0 aromatic heterocycles. The molecule has 1 atom stereocenters. The third kappa shape index (κ3) is 2.07. The molecule has 0 unspecified atom stereocenters. The van der Waals surface area contributed by atoms with Gasteiger partial charge in [0.2, 0.25) is 18.5 Å². The number of carbonyl (C=O) groups is 1. The normalized spacial score (nSPS) is 19.2. The molecular formula is C17H11N3O6. The lowest BCUT2D eigenvalue weighted by molar-refractivity contribution is -0.384. The van der Waals surface area contributed by atoms with Crippen LogP contribution in [-0.4, -0.2) is 17.5 Å². The maximum Gasteiger partial charge on any atom is 0.271 e. The molecule has 130 valence electrons. The van der Waals surface area contributed by atoms with Crippen LogP contribution in [0.4, 0.5) is 17.1 Å². The van der Waals surface area contributed by atoms with Crippen LogP contribution in [0.25, 0.3) is 0 Å². The zero-order valence-corrected chi connectivity index (χ0v) is 13.1. The van der Waals surface area contributed by atoms with Gasteiger partial charge < -0.3 is 24.8 Å². The summed E-state index contributed by atoms with van der Waals surface area (Å²) in [5, 5.41) is 16.9. The Morgan fingerprint density at radius 1 is 1.04 bits per heavy atom. The molecule has 5 rings (SSSR count). The molecule has 3 heterocycles. The van der Waals surface area contributed by atoms with Crippen LogP contribution >= 0.6 is 0 Å². The van der Waals surface area contributed by atoms with Gasteiger partial charge in [-0.05, 0) is 18.2 Å². The Morgan fingerprint density at radius 2 is 1.88 bits per heavy atom. The monoisotopic (exact) mass is 353 g/mol. The topological polar surface area (TPSA) is 112 Å². The van der Waals surface area contributed by atoms with Gasteiger partial charge in [-0.25, -0.2) is 0 Å². The average Bonchev–Trinajstić information content (AvgIpc) is 3.23. The average molecular weight is 353 g/mol. The van der Waals surface area contributed by atoms with Gasteiger partial charge in [-0.2, -0.15) is 0 Å². The molecule has 0 saturated carbocycles. The molecule has 9 heteroatoms. The van der Waals surface area contributed by atoms with Crippen LogP contribution in [-0.2, 0) is 9.53 Å². The van der Waals surface area contributed by atoms with Gasteiger partial charge in [0.15, 0.2) is 17.6 Å². The van der Waals surface area contributed by atoms with Crippen molar-refractivity contribution in [2.24, 2.45) is 0 Å². The third-order valence-electron chi connectivity index (χ3n) is 4.37. The number of nitrogens with one attached hydrogen (secondary N) is 2. The van der Waals surface area contributed by atoms with Crippen LogP contribution in [0.2, 0.25) is 0 Å². The van der Waals surface area contributed by atoms with Crippen molar-refractivity contribution in [3.63, 3.8) is 0 Å². The number of Topliss-reactive ketones (excluding diaryl/α,β-unsaturated/α-hetero) is 1. The van der Waals surface area contributed by atoms with Gasteiger partial charge >= 0.3 is 0 Å². The van der Waals surface area contributed by atoms with Crippen molar-refractivity contribution in [2.45, 2.75) is 6.10 Å². The lowest BCUT2D eigenvalue weighted by atomic mass is 10.0. The highest BCUT2D eigenvalue weighted by molar-refractivity contribution is 6.06. The maximum atomic E-state index is 12.8. The number of nitro benzene ring substituents is 1. The van der Waals surface area contributed by atoms with E-state index in [1.54, 1.807) is 24.3 Å². The van der Waals surface area contributed by atoms with Crippen LogP contribution < -0.4 is 20.1 Å². The summed E-state index contributed by atoms with van der Waals surface area (Å²) in [6, 6.07) is 9.48. The number of hydrogen-bond donors (Lipinski definition) is 2. The highest BCUT2D eigenvalue weighted by Crippen LogP contribution is 2.42. The molecular weight excluding hydrogens is 342 g/mol. The molecule has 26 heavy (non-hydrogen) atoms. The van der Waals surface area contributed by atoms with E-state index in [9.17, 15) is 14.9 Å². The summed E-state index contributed by atoms with van der Waals surface area (Å²) < 4.78 is 16.4. The van der Waals surface area contributed by atoms with Gasteiger partial charge in [-0.1, -0.05) is 6.07 Å². The first-order valence-electron chi connectivity index (χ1n) is 7.77. The van der Waals surface area contributed by atoms with Gasteiger partial charge in [0, 0.05) is 17.7 Å². The number of benzene rings is 2. The summed E-state index contributed by atoms with van der Waals surface area (Å²) in [6.07, 6.45) is -0.834. The molecule has 0 radical (unpaired) electrons. The third-order valence-corrected chi connectivity index (χ3v) is 4.37. The zero-order valence-electron chi connectivity index (χ0n) is 13.1. The first-order chi connectivity index (χ1) is 12.6. The van der Waals surface area contributed by atoms with E-state index >= 15 is 0 Å². The van der Waals surface area contributed by atoms with Gasteiger partial charge in [0.05, 0.1) is 16.3 Å². The lowest BCUT2D eigenvalue weighted by Gasteiger charge is -2.19. The van der Waals surface area contributed by atoms with E-state index in [0.29, 0.717) is 28.4 Å². The quantitative estimate of drug-likeness (QED) is 0.626. The Labute approximate surface area is 146 Å². The second-order valence-corrected chi connectivity index (χ2v) is 5.92. The number of nitrogens with zero attached hydrogens (tertiary/aromatic N) is 1. The van der Waals surface area contributed by atoms with Crippen LogP contribution in [0.15, 0.2) is 48.0 Å². The Kier molecular flexibility index (Phi) is 2.87. The fourth-order valence-corrected chi connectivity index (χ4v) is 3.09. The smallest absolute Gasteiger partial charge is 0.271 e. The van der Waals surface area contributed by atoms with E-state index in [-0.39, 0.29) is 29.8 Å². The Morgan fingerprint density at radius 3 is 2.73 bits per heavy atom. The largest absolute Gasteiger partial charge is 0.461 e. The first kappa shape index (κ1) is 14.6. The van der Waals surface area contributed by atoms with Crippen molar-refractivity contribution in [3.05, 3.63) is 63.7 Å². The second kappa shape index (κ2) is 5.12. The molecule has 0 spiro atoms. The van der Waals surface area contributed by atoms with E-state index in [0.717, 1.165) is 0 Å². The molecule has 9 nitrogen and oxygen atoms in total. The second-order valence-electron chi connectivity index (χ2n) is 5.92. The van der Waals surface area contributed by atoms with E-state index < -0.39 is 11.0 Å². The number of rotatable bonds is 2. The number of fused-ring (bicyclic) bond motifs is 2. The zero-order chi connectivity index (χ0) is 17.8. The minimum absolute atomic E-state index is 0.0567. The van der Waals surface area contributed by atoms with Crippen LogP contribution in [0.3, 0.4) is 0 Å². The van der Waals surface area contributed by atoms with E-state index in [1.165, 1.54) is 12.1 Å². The Bertz CT molecular complexity index is 1020. The molecule has 3 aliphatic heterocycles. The summed E-state index contributed by atoms with van der Waals surface area (Å²) in [7, 11) is 0. The number of anilines is 2. The van der Waals surface area contributed by atoms with E-state index in [1.807, 2.05) is 0 Å². The summed E-state index contributed by atoms with van der Waals surface area (Å²) in [5.74, 6) is 1.18. The summed E-state index contributed by atoms with van der Waals surface area (Å²) in [6.45, 7) is 0.143. The van der Waals surface area contributed by atoms with Crippen LogP contribution in [0, 0.1) is 10.1 Å². The number of non-ortho nitro benzene ring substituents is 1. The summed E-state index contributed by atoms with van der Waals surface area (Å²) >= 11 is 0. The molecule has 2 aromatic rings. The van der Waals surface area contributed by atoms with Gasteiger partial charge in [0.25, 0.3) is 5.69 Å². The molecule has 2 aromatic carbocycles. The number of carbonyl (C=O) groups excluding carboxylic acids is 1. The van der Waals surface area contributed by atoms with Crippen molar-refractivity contribution in [1.82, 2.24) is 0 Å². The highest BCUT2D eigenvalue weighted by atomic mass is 16.7. The number of ketones is 1. The number of hydrogen-bond acceptors (Lipinski definition) is 8. The molecule has 0 fully saturated rings. The predicted octanol–water partition coefficient (Wildman–Crippen LogP) is 2.67. The summed E-state index contributed by atoms with van der Waals surface area (Å²) in [5.41, 5.74) is 1.90. The molecule has 0 saturated heterocycles. The fourth-order valence-electron chi connectivity index (χ4n) is 3.09. The predicted molar refractivity (Wildman–Crippen MR) is 88.8 cm³/mol. The molecule has 3 aliphatic rings. The van der Waals surface area contributed by atoms with E-state index in [2.05, 4.69) is 10.6 Å². The first-order valence-corrected chi connectivity index (χ1v) is 7.77. The minimum atomic E-state index is -0.834. The molecule has 0 bridgehead atoms. The molecule has 2 N–H and O–H groups in total. The van der Waals surface area contributed by atoms with Crippen molar-refractivity contribution in [3.8, 4) is 11.5 Å². The Balaban J connectivity index is 1.45. The Hall–Kier alpha value is -3.75. The minimum Gasteiger partial charge on any atom is -0.461 e. The lowest BCUT2D eigenvalue weighted by Crippen LogP contribution is -2.18. The molecule has 0 aliphatic carbocycles. The van der Waals surface area contributed by atoms with Crippen LogP contribution in [0.1, 0.15) is 11.7 Å². The van der Waals surface area contributed by atoms with Gasteiger partial charge in [-0.3, -0.25) is 14.9 Å². The van der Waals surface area contributed by atoms with Crippen molar-refractivity contribution >= 4 is 22.8 Å².